The third-order valence-electron chi connectivity index (χ3n) is 4.43. The molecule has 0 radical (unpaired) electrons. The summed E-state index contributed by atoms with van der Waals surface area (Å²) in [5.74, 6) is 0.0295. The van der Waals surface area contributed by atoms with E-state index in [2.05, 4.69) is 32.1 Å². The van der Waals surface area contributed by atoms with Crippen LogP contribution in [0.2, 0.25) is 0 Å². The van der Waals surface area contributed by atoms with Gasteiger partial charge in [0, 0.05) is 29.7 Å². The normalized spacial score (nSPS) is 13.2. The molecule has 26 heavy (non-hydrogen) atoms. The fourth-order valence-electron chi connectivity index (χ4n) is 3.22. The Hall–Kier alpha value is -2.58. The largest absolute Gasteiger partial charge is 0.314 e. The molecule has 3 aromatic rings. The van der Waals surface area contributed by atoms with E-state index in [1.807, 2.05) is 31.0 Å². The second-order valence-corrected chi connectivity index (χ2v) is 7.39. The molecule has 2 aromatic heterocycles. The molecule has 0 unspecified atom stereocenters. The van der Waals surface area contributed by atoms with Gasteiger partial charge in [-0.2, -0.15) is 0 Å². The minimum atomic E-state index is 0.0295. The average Bonchev–Trinajstić information content (AvgIpc) is 3.34. The number of fused-ring (bicyclic) bond motifs is 1. The predicted molar refractivity (Wildman–Crippen MR) is 101 cm³/mol. The fourth-order valence-corrected chi connectivity index (χ4v) is 3.84. The van der Waals surface area contributed by atoms with Crippen LogP contribution in [-0.4, -0.2) is 39.5 Å². The van der Waals surface area contributed by atoms with E-state index in [1.54, 1.807) is 22.2 Å². The van der Waals surface area contributed by atoms with Gasteiger partial charge in [-0.1, -0.05) is 11.3 Å². The van der Waals surface area contributed by atoms with Crippen molar-refractivity contribution in [1.82, 2.24) is 25.3 Å². The molecule has 1 aromatic carbocycles. The van der Waals surface area contributed by atoms with Crippen LogP contribution >= 0.6 is 11.3 Å². The first-order valence-electron chi connectivity index (χ1n) is 8.53. The maximum Gasteiger partial charge on any atom is 0.248 e. The Morgan fingerprint density at radius 1 is 1.38 bits per heavy atom. The number of benzene rings is 1. The standard InChI is InChI=1S/C18H20N6OS/c1-12-20-16(11-26-12)13-3-4-17-14(7-13)5-6-24(17)18(25)10-23-9-15(8-19-2)21-22-23/h3-4,7,9,11,19H,5-6,8,10H2,1-2H3. The lowest BCUT2D eigenvalue weighted by molar-refractivity contribution is -0.119. The van der Waals surface area contributed by atoms with E-state index in [0.29, 0.717) is 13.1 Å². The van der Waals surface area contributed by atoms with E-state index in [9.17, 15) is 4.79 Å². The smallest absolute Gasteiger partial charge is 0.248 e. The van der Waals surface area contributed by atoms with E-state index in [-0.39, 0.29) is 12.5 Å². The fraction of sp³-hybridized carbons (Fsp3) is 0.333. The van der Waals surface area contributed by atoms with Crippen LogP contribution in [0.15, 0.2) is 29.8 Å². The molecule has 0 aliphatic carbocycles. The first-order chi connectivity index (χ1) is 12.6. The molecule has 134 valence electrons. The van der Waals surface area contributed by atoms with E-state index in [1.165, 1.54) is 5.56 Å². The number of anilines is 1. The Labute approximate surface area is 155 Å². The van der Waals surface area contributed by atoms with Crippen molar-refractivity contribution >= 4 is 22.9 Å². The third-order valence-corrected chi connectivity index (χ3v) is 5.21. The van der Waals surface area contributed by atoms with E-state index in [4.69, 9.17) is 0 Å². The van der Waals surface area contributed by atoms with Crippen molar-refractivity contribution in [3.8, 4) is 11.3 Å². The second kappa shape index (κ2) is 6.97. The van der Waals surface area contributed by atoms with Gasteiger partial charge in [0.1, 0.15) is 6.54 Å². The summed E-state index contributed by atoms with van der Waals surface area (Å²) in [5.41, 5.74) is 5.11. The van der Waals surface area contributed by atoms with Crippen molar-refractivity contribution in [2.24, 2.45) is 0 Å². The average molecular weight is 368 g/mol. The number of carbonyl (C=O) groups excluding carboxylic acids is 1. The van der Waals surface area contributed by atoms with E-state index >= 15 is 0 Å². The number of thiazole rings is 1. The molecule has 0 saturated heterocycles. The predicted octanol–water partition coefficient (Wildman–Crippen LogP) is 2.02. The summed E-state index contributed by atoms with van der Waals surface area (Å²) >= 11 is 1.65. The van der Waals surface area contributed by atoms with E-state index in [0.717, 1.165) is 34.1 Å². The minimum absolute atomic E-state index is 0.0295. The summed E-state index contributed by atoms with van der Waals surface area (Å²) in [6, 6.07) is 6.22. The van der Waals surface area contributed by atoms with Gasteiger partial charge < -0.3 is 10.2 Å². The maximum absolute atomic E-state index is 12.7. The minimum Gasteiger partial charge on any atom is -0.314 e. The molecule has 0 spiro atoms. The lowest BCUT2D eigenvalue weighted by Gasteiger charge is -2.17. The van der Waals surface area contributed by atoms with Gasteiger partial charge in [0.2, 0.25) is 5.91 Å². The van der Waals surface area contributed by atoms with Crippen LogP contribution in [0.5, 0.6) is 0 Å². The lowest BCUT2D eigenvalue weighted by atomic mass is 10.1. The highest BCUT2D eigenvalue weighted by Gasteiger charge is 2.25. The van der Waals surface area contributed by atoms with Crippen molar-refractivity contribution in [1.29, 1.82) is 0 Å². The Kier molecular flexibility index (Phi) is 4.52. The molecule has 8 heteroatoms. The van der Waals surface area contributed by atoms with Gasteiger partial charge in [0.15, 0.2) is 0 Å². The van der Waals surface area contributed by atoms with Crippen molar-refractivity contribution in [3.05, 3.63) is 46.0 Å². The van der Waals surface area contributed by atoms with Crippen LogP contribution in [0.3, 0.4) is 0 Å². The van der Waals surface area contributed by atoms with Crippen molar-refractivity contribution in [2.75, 3.05) is 18.5 Å². The summed E-state index contributed by atoms with van der Waals surface area (Å²) in [5, 5.41) is 14.2. The molecule has 1 aliphatic heterocycles. The number of carbonyl (C=O) groups is 1. The van der Waals surface area contributed by atoms with Crippen LogP contribution in [0.1, 0.15) is 16.3 Å². The van der Waals surface area contributed by atoms with Gasteiger partial charge in [0.25, 0.3) is 0 Å². The number of nitrogens with one attached hydrogen (secondary N) is 1. The second-order valence-electron chi connectivity index (χ2n) is 6.33. The summed E-state index contributed by atoms with van der Waals surface area (Å²) in [4.78, 5) is 19.1. The van der Waals surface area contributed by atoms with Gasteiger partial charge in [-0.25, -0.2) is 9.67 Å². The highest BCUT2D eigenvalue weighted by Crippen LogP contribution is 2.32. The van der Waals surface area contributed by atoms with Gasteiger partial charge in [-0.15, -0.1) is 16.4 Å². The zero-order chi connectivity index (χ0) is 18.1. The monoisotopic (exact) mass is 368 g/mol. The molecule has 0 saturated carbocycles. The molecule has 0 bridgehead atoms. The topological polar surface area (TPSA) is 75.9 Å². The molecule has 1 aliphatic rings. The van der Waals surface area contributed by atoms with Crippen LogP contribution in [0, 0.1) is 6.92 Å². The SMILES string of the molecule is CNCc1cn(CC(=O)N2CCc3cc(-c4csc(C)n4)ccc32)nn1. The Morgan fingerprint density at radius 2 is 2.27 bits per heavy atom. The molecular weight excluding hydrogens is 348 g/mol. The van der Waals surface area contributed by atoms with Gasteiger partial charge >= 0.3 is 0 Å². The van der Waals surface area contributed by atoms with Gasteiger partial charge in [0.05, 0.1) is 22.6 Å². The number of rotatable bonds is 5. The molecular formula is C18H20N6OS. The first-order valence-corrected chi connectivity index (χ1v) is 9.41. The third kappa shape index (κ3) is 3.25. The number of nitrogens with zero attached hydrogens (tertiary/aromatic N) is 5. The first kappa shape index (κ1) is 16.9. The van der Waals surface area contributed by atoms with E-state index < -0.39 is 0 Å². The van der Waals surface area contributed by atoms with Crippen LogP contribution in [0.25, 0.3) is 11.3 Å². The zero-order valence-corrected chi connectivity index (χ0v) is 15.6. The number of amides is 1. The molecule has 0 fully saturated rings. The summed E-state index contributed by atoms with van der Waals surface area (Å²) in [7, 11) is 1.85. The molecule has 1 amide bonds. The van der Waals surface area contributed by atoms with Crippen LogP contribution < -0.4 is 10.2 Å². The number of hydrogen-bond donors (Lipinski definition) is 1. The lowest BCUT2D eigenvalue weighted by Crippen LogP contribution is -2.32. The highest BCUT2D eigenvalue weighted by atomic mass is 32.1. The van der Waals surface area contributed by atoms with Crippen LogP contribution in [-0.2, 0) is 24.3 Å². The number of aromatic nitrogens is 4. The zero-order valence-electron chi connectivity index (χ0n) is 14.8. The Balaban J connectivity index is 1.50. The molecule has 0 atom stereocenters. The van der Waals surface area contributed by atoms with Gasteiger partial charge in [-0.3, -0.25) is 4.79 Å². The van der Waals surface area contributed by atoms with Gasteiger partial charge in [-0.05, 0) is 38.1 Å². The molecule has 1 N–H and O–H groups in total. The number of hydrogen-bond acceptors (Lipinski definition) is 6. The van der Waals surface area contributed by atoms with Crippen molar-refractivity contribution in [2.45, 2.75) is 26.4 Å². The molecule has 3 heterocycles. The highest BCUT2D eigenvalue weighted by molar-refractivity contribution is 7.09. The van der Waals surface area contributed by atoms with Crippen molar-refractivity contribution < 1.29 is 4.79 Å². The number of aryl methyl sites for hydroxylation is 1. The Bertz CT molecular complexity index is 947. The van der Waals surface area contributed by atoms with Crippen molar-refractivity contribution in [3.63, 3.8) is 0 Å². The molecule has 4 rings (SSSR count). The summed E-state index contributed by atoms with van der Waals surface area (Å²) in [6.07, 6.45) is 2.67. The molecule has 7 nitrogen and oxygen atoms in total. The Morgan fingerprint density at radius 3 is 3.04 bits per heavy atom. The summed E-state index contributed by atoms with van der Waals surface area (Å²) in [6.45, 7) is 3.54. The summed E-state index contributed by atoms with van der Waals surface area (Å²) < 4.78 is 1.60. The van der Waals surface area contributed by atoms with Crippen LogP contribution in [0.4, 0.5) is 5.69 Å². The maximum atomic E-state index is 12.7. The quantitative estimate of drug-likeness (QED) is 0.746.